The molecule has 1 heterocycles. The Morgan fingerprint density at radius 1 is 1.26 bits per heavy atom. The summed E-state index contributed by atoms with van der Waals surface area (Å²) in [6.07, 6.45) is 0. The Bertz CT molecular complexity index is 628. The van der Waals surface area contributed by atoms with Crippen LogP contribution in [-0.2, 0) is 0 Å². The second kappa shape index (κ2) is 4.97. The van der Waals surface area contributed by atoms with Gasteiger partial charge >= 0.3 is 0 Å². The highest BCUT2D eigenvalue weighted by molar-refractivity contribution is 5.59. The van der Waals surface area contributed by atoms with Crippen molar-refractivity contribution in [2.45, 2.75) is 6.92 Å². The molecule has 0 unspecified atom stereocenters. The molecular weight excluding hydrogens is 251 g/mol. The molecule has 7 heteroatoms. The van der Waals surface area contributed by atoms with Crippen LogP contribution in [0.5, 0.6) is 0 Å². The highest BCUT2D eigenvalue weighted by Crippen LogP contribution is 2.22. The molecule has 0 aliphatic carbocycles. The largest absolute Gasteiger partial charge is 0.371 e. The summed E-state index contributed by atoms with van der Waals surface area (Å²) < 4.78 is 13.6. The average molecular weight is 262 g/mol. The van der Waals surface area contributed by atoms with Crippen LogP contribution in [-0.4, -0.2) is 21.9 Å². The lowest BCUT2D eigenvalue weighted by atomic mass is 10.2. The van der Waals surface area contributed by atoms with Crippen LogP contribution in [0.3, 0.4) is 0 Å². The van der Waals surface area contributed by atoms with E-state index >= 15 is 0 Å². The lowest BCUT2D eigenvalue weighted by Crippen LogP contribution is -2.03. The van der Waals surface area contributed by atoms with Crippen molar-refractivity contribution in [3.05, 3.63) is 45.9 Å². The van der Waals surface area contributed by atoms with Crippen molar-refractivity contribution in [3.63, 3.8) is 0 Å². The quantitative estimate of drug-likeness (QED) is 0.679. The molecule has 2 rings (SSSR count). The van der Waals surface area contributed by atoms with E-state index in [-0.39, 0.29) is 17.2 Å². The van der Waals surface area contributed by atoms with Crippen LogP contribution in [0.4, 0.5) is 15.9 Å². The van der Waals surface area contributed by atoms with Crippen molar-refractivity contribution in [1.82, 2.24) is 9.97 Å². The summed E-state index contributed by atoms with van der Waals surface area (Å²) in [5.41, 5.74) is 0.786. The monoisotopic (exact) mass is 262 g/mol. The fourth-order valence-electron chi connectivity index (χ4n) is 1.59. The zero-order valence-electron chi connectivity index (χ0n) is 10.3. The van der Waals surface area contributed by atoms with Crippen molar-refractivity contribution in [1.29, 1.82) is 0 Å². The Hall–Kier alpha value is -2.57. The molecular formula is C12H11FN4O2. The number of hydrogen-bond donors (Lipinski definition) is 1. The maximum absolute atomic E-state index is 13.6. The van der Waals surface area contributed by atoms with Gasteiger partial charge in [-0.15, -0.1) is 0 Å². The van der Waals surface area contributed by atoms with Crippen molar-refractivity contribution < 1.29 is 9.31 Å². The van der Waals surface area contributed by atoms with Crippen molar-refractivity contribution in [2.75, 3.05) is 12.4 Å². The third kappa shape index (κ3) is 2.49. The molecule has 0 aliphatic rings. The van der Waals surface area contributed by atoms with Gasteiger partial charge in [-0.3, -0.25) is 10.1 Å². The summed E-state index contributed by atoms with van der Waals surface area (Å²) in [4.78, 5) is 18.1. The Balaban J connectivity index is 2.47. The van der Waals surface area contributed by atoms with Crippen LogP contribution in [0.15, 0.2) is 24.3 Å². The van der Waals surface area contributed by atoms with E-state index < -0.39 is 10.7 Å². The van der Waals surface area contributed by atoms with Crippen LogP contribution >= 0.6 is 0 Å². The highest BCUT2D eigenvalue weighted by atomic mass is 19.1. The first kappa shape index (κ1) is 12.9. The zero-order valence-corrected chi connectivity index (χ0v) is 10.3. The van der Waals surface area contributed by atoms with Crippen LogP contribution in [0.1, 0.15) is 5.69 Å². The number of benzene rings is 1. The van der Waals surface area contributed by atoms with E-state index in [1.165, 1.54) is 31.2 Å². The van der Waals surface area contributed by atoms with Gasteiger partial charge < -0.3 is 5.32 Å². The zero-order chi connectivity index (χ0) is 14.0. The van der Waals surface area contributed by atoms with Crippen molar-refractivity contribution >= 4 is 11.5 Å². The molecule has 19 heavy (non-hydrogen) atoms. The van der Waals surface area contributed by atoms with E-state index in [0.717, 1.165) is 0 Å². The minimum Gasteiger partial charge on any atom is -0.371 e. The minimum atomic E-state index is -0.506. The van der Waals surface area contributed by atoms with Crippen LogP contribution < -0.4 is 5.32 Å². The van der Waals surface area contributed by atoms with Crippen molar-refractivity contribution in [3.8, 4) is 11.4 Å². The van der Waals surface area contributed by atoms with Crippen molar-refractivity contribution in [2.24, 2.45) is 0 Å². The van der Waals surface area contributed by atoms with E-state index in [1.54, 1.807) is 7.05 Å². The Morgan fingerprint density at radius 3 is 2.42 bits per heavy atom. The normalized spacial score (nSPS) is 10.3. The number of rotatable bonds is 3. The van der Waals surface area contributed by atoms with E-state index in [0.29, 0.717) is 11.4 Å². The fourth-order valence-corrected chi connectivity index (χ4v) is 1.59. The molecule has 0 saturated carbocycles. The van der Waals surface area contributed by atoms with Crippen LogP contribution in [0, 0.1) is 22.9 Å². The third-order valence-electron chi connectivity index (χ3n) is 2.59. The Morgan fingerprint density at radius 2 is 1.89 bits per heavy atom. The molecule has 6 nitrogen and oxygen atoms in total. The van der Waals surface area contributed by atoms with E-state index in [9.17, 15) is 14.5 Å². The van der Waals surface area contributed by atoms with E-state index in [2.05, 4.69) is 15.3 Å². The fraction of sp³-hybridized carbons (Fsp3) is 0.167. The van der Waals surface area contributed by atoms with E-state index in [1.807, 2.05) is 0 Å². The number of non-ortho nitro benzene ring substituents is 1. The number of nitrogens with one attached hydrogen (secondary N) is 1. The van der Waals surface area contributed by atoms with Gasteiger partial charge in [0.05, 0.1) is 10.6 Å². The Labute approximate surface area is 108 Å². The van der Waals surface area contributed by atoms with Gasteiger partial charge in [0.25, 0.3) is 5.69 Å². The molecule has 0 radical (unpaired) electrons. The van der Waals surface area contributed by atoms with Gasteiger partial charge in [0.15, 0.2) is 17.5 Å². The van der Waals surface area contributed by atoms with Gasteiger partial charge in [-0.1, -0.05) is 0 Å². The van der Waals surface area contributed by atoms with Gasteiger partial charge in [0.2, 0.25) is 0 Å². The molecule has 1 N–H and O–H groups in total. The van der Waals surface area contributed by atoms with Crippen LogP contribution in [0.25, 0.3) is 11.4 Å². The molecule has 0 aliphatic heterocycles. The predicted molar refractivity (Wildman–Crippen MR) is 68.4 cm³/mol. The minimum absolute atomic E-state index is 0.0172. The predicted octanol–water partition coefficient (Wildman–Crippen LogP) is 2.54. The number of nitro benzene ring substituents is 1. The summed E-state index contributed by atoms with van der Waals surface area (Å²) >= 11 is 0. The molecule has 0 bridgehead atoms. The molecule has 98 valence electrons. The topological polar surface area (TPSA) is 81.0 Å². The third-order valence-corrected chi connectivity index (χ3v) is 2.59. The molecule has 0 fully saturated rings. The number of nitrogens with zero attached hydrogens (tertiary/aromatic N) is 3. The Kier molecular flexibility index (Phi) is 3.37. The lowest BCUT2D eigenvalue weighted by molar-refractivity contribution is -0.384. The van der Waals surface area contributed by atoms with Gasteiger partial charge in [0, 0.05) is 24.7 Å². The first-order valence-corrected chi connectivity index (χ1v) is 5.49. The van der Waals surface area contributed by atoms with Crippen LogP contribution in [0.2, 0.25) is 0 Å². The molecule has 1 aromatic carbocycles. The first-order valence-electron chi connectivity index (χ1n) is 5.49. The number of halogens is 1. The number of aryl methyl sites for hydroxylation is 1. The summed E-state index contributed by atoms with van der Waals surface area (Å²) in [5.74, 6) is -0.0906. The maximum atomic E-state index is 13.6. The van der Waals surface area contributed by atoms with Gasteiger partial charge in [0.1, 0.15) is 0 Å². The van der Waals surface area contributed by atoms with E-state index in [4.69, 9.17) is 0 Å². The number of nitro groups is 1. The SMILES string of the molecule is CNc1nc(-c2ccc([N+](=O)[O-])cc2)nc(C)c1F. The molecule has 1 aromatic heterocycles. The summed E-state index contributed by atoms with van der Waals surface area (Å²) in [6.45, 7) is 1.53. The standard InChI is InChI=1S/C12H11FN4O2/c1-7-10(13)12(14-2)16-11(15-7)8-3-5-9(6-4-8)17(18)19/h3-6H,1-2H3,(H,14,15,16). The lowest BCUT2D eigenvalue weighted by Gasteiger charge is -2.07. The second-order valence-corrected chi connectivity index (χ2v) is 3.85. The highest BCUT2D eigenvalue weighted by Gasteiger charge is 2.12. The van der Waals surface area contributed by atoms with Gasteiger partial charge in [-0.2, -0.15) is 0 Å². The summed E-state index contributed by atoms with van der Waals surface area (Å²) in [5, 5.41) is 13.2. The van der Waals surface area contributed by atoms with Gasteiger partial charge in [-0.25, -0.2) is 14.4 Å². The molecule has 0 amide bonds. The number of anilines is 1. The molecule has 0 saturated heterocycles. The second-order valence-electron chi connectivity index (χ2n) is 3.85. The maximum Gasteiger partial charge on any atom is 0.269 e. The smallest absolute Gasteiger partial charge is 0.269 e. The molecule has 0 atom stereocenters. The summed E-state index contributed by atoms with van der Waals surface area (Å²) in [6, 6.07) is 5.78. The summed E-state index contributed by atoms with van der Waals surface area (Å²) in [7, 11) is 1.56. The molecule has 0 spiro atoms. The molecule has 2 aromatic rings. The van der Waals surface area contributed by atoms with Gasteiger partial charge in [-0.05, 0) is 19.1 Å². The average Bonchev–Trinajstić information content (AvgIpc) is 2.41. The number of hydrogen-bond acceptors (Lipinski definition) is 5. The first-order chi connectivity index (χ1) is 9.02. The number of aromatic nitrogens is 2.